The van der Waals surface area contributed by atoms with Gasteiger partial charge in [-0.3, -0.25) is 9.79 Å². The van der Waals surface area contributed by atoms with Gasteiger partial charge in [0.25, 0.3) is 0 Å². The molecule has 1 saturated carbocycles. The molecular formula is C20H32IN3O3. The van der Waals surface area contributed by atoms with Crippen molar-refractivity contribution >= 4 is 35.9 Å². The summed E-state index contributed by atoms with van der Waals surface area (Å²) in [6, 6.07) is 4.39. The first kappa shape index (κ1) is 22.0. The molecule has 1 N–H and O–H groups in total. The second kappa shape index (κ2) is 11.6. The molecule has 1 atom stereocenters. The van der Waals surface area contributed by atoms with Crippen molar-refractivity contribution in [2.75, 3.05) is 26.2 Å². The number of guanidine groups is 1. The second-order valence-corrected chi connectivity index (χ2v) is 7.20. The first-order chi connectivity index (χ1) is 12.8. The molecule has 27 heavy (non-hydrogen) atoms. The summed E-state index contributed by atoms with van der Waals surface area (Å²) in [6.45, 7) is 4.62. The largest absolute Gasteiger partial charge is 0.469 e. The highest BCUT2D eigenvalue weighted by atomic mass is 127. The van der Waals surface area contributed by atoms with Crippen LogP contribution in [-0.2, 0) is 16.0 Å². The van der Waals surface area contributed by atoms with E-state index < -0.39 is 0 Å². The average molecular weight is 489 g/mol. The van der Waals surface area contributed by atoms with Crippen molar-refractivity contribution in [2.45, 2.75) is 57.9 Å². The van der Waals surface area contributed by atoms with E-state index in [1.807, 2.05) is 19.1 Å². The van der Waals surface area contributed by atoms with E-state index in [0.717, 1.165) is 37.5 Å². The molecule has 0 bridgehead atoms. The zero-order chi connectivity index (χ0) is 18.2. The monoisotopic (exact) mass is 489 g/mol. The van der Waals surface area contributed by atoms with Gasteiger partial charge in [-0.15, -0.1) is 24.0 Å². The highest BCUT2D eigenvalue weighted by Gasteiger charge is 2.29. The Labute approximate surface area is 179 Å². The Balaban J connectivity index is 0.00000261. The molecule has 2 aliphatic rings. The molecule has 0 amide bonds. The fourth-order valence-electron chi connectivity index (χ4n) is 3.84. The summed E-state index contributed by atoms with van der Waals surface area (Å²) in [4.78, 5) is 19.2. The van der Waals surface area contributed by atoms with E-state index in [0.29, 0.717) is 25.7 Å². The lowest BCUT2D eigenvalue weighted by molar-refractivity contribution is -0.149. The first-order valence-electron chi connectivity index (χ1n) is 10.0. The van der Waals surface area contributed by atoms with Crippen LogP contribution in [0.3, 0.4) is 0 Å². The lowest BCUT2D eigenvalue weighted by atomic mass is 9.98. The lowest BCUT2D eigenvalue weighted by Gasteiger charge is -2.35. The van der Waals surface area contributed by atoms with Gasteiger partial charge >= 0.3 is 5.97 Å². The zero-order valence-electron chi connectivity index (χ0n) is 16.2. The molecule has 0 aromatic carbocycles. The number of furan rings is 1. The SMILES string of the molecule is CCOC(=O)C1CCCN(C(=NCCc2ccco2)NC2CCCC2)C1.I. The van der Waals surface area contributed by atoms with E-state index >= 15 is 0 Å². The Morgan fingerprint density at radius 2 is 2.15 bits per heavy atom. The number of likely N-dealkylation sites (tertiary alicyclic amines) is 1. The number of halogens is 1. The number of nitrogens with one attached hydrogen (secondary N) is 1. The molecule has 7 heteroatoms. The van der Waals surface area contributed by atoms with Gasteiger partial charge in [0.1, 0.15) is 5.76 Å². The van der Waals surface area contributed by atoms with Crippen LogP contribution >= 0.6 is 24.0 Å². The molecule has 2 fully saturated rings. The number of aliphatic imine (C=N–C) groups is 1. The Bertz CT molecular complexity index is 585. The number of carbonyl (C=O) groups is 1. The normalized spacial score (nSPS) is 21.0. The molecule has 6 nitrogen and oxygen atoms in total. The maximum absolute atomic E-state index is 12.2. The van der Waals surface area contributed by atoms with Crippen molar-refractivity contribution in [1.82, 2.24) is 10.2 Å². The van der Waals surface area contributed by atoms with E-state index in [1.165, 1.54) is 25.7 Å². The number of rotatable bonds is 6. The summed E-state index contributed by atoms with van der Waals surface area (Å²) >= 11 is 0. The third-order valence-electron chi connectivity index (χ3n) is 5.23. The molecular weight excluding hydrogens is 457 g/mol. The van der Waals surface area contributed by atoms with Crippen LogP contribution in [0.15, 0.2) is 27.8 Å². The topological polar surface area (TPSA) is 67.1 Å². The van der Waals surface area contributed by atoms with Crippen molar-refractivity contribution in [3.05, 3.63) is 24.2 Å². The maximum Gasteiger partial charge on any atom is 0.310 e. The van der Waals surface area contributed by atoms with Crippen LogP contribution in [0.4, 0.5) is 0 Å². The minimum Gasteiger partial charge on any atom is -0.469 e. The first-order valence-corrected chi connectivity index (χ1v) is 10.0. The second-order valence-electron chi connectivity index (χ2n) is 7.20. The summed E-state index contributed by atoms with van der Waals surface area (Å²) < 4.78 is 10.6. The van der Waals surface area contributed by atoms with E-state index in [1.54, 1.807) is 6.26 Å². The van der Waals surface area contributed by atoms with Crippen molar-refractivity contribution in [1.29, 1.82) is 0 Å². The van der Waals surface area contributed by atoms with E-state index in [9.17, 15) is 4.79 Å². The number of hydrogen-bond donors (Lipinski definition) is 1. The standard InChI is InChI=1S/C20H31N3O3.HI/c1-2-25-19(24)16-7-5-13-23(15-16)20(22-17-8-3-4-9-17)21-12-11-18-10-6-14-26-18;/h6,10,14,16-17H,2-5,7-9,11-13,15H2,1H3,(H,21,22);1H. The van der Waals surface area contributed by atoms with Gasteiger partial charge in [0.05, 0.1) is 18.8 Å². The van der Waals surface area contributed by atoms with E-state index in [4.69, 9.17) is 14.1 Å². The average Bonchev–Trinajstić information content (AvgIpc) is 3.35. The van der Waals surface area contributed by atoms with Gasteiger partial charge in [-0.25, -0.2) is 0 Å². The maximum atomic E-state index is 12.2. The number of ether oxygens (including phenoxy) is 1. The third-order valence-corrected chi connectivity index (χ3v) is 5.23. The van der Waals surface area contributed by atoms with Gasteiger partial charge in [0.2, 0.25) is 0 Å². The van der Waals surface area contributed by atoms with Gasteiger partial charge in [-0.2, -0.15) is 0 Å². The number of esters is 1. The highest BCUT2D eigenvalue weighted by Crippen LogP contribution is 2.21. The molecule has 152 valence electrons. The summed E-state index contributed by atoms with van der Waals surface area (Å²) in [6.07, 6.45) is 9.35. The van der Waals surface area contributed by atoms with Gasteiger partial charge < -0.3 is 19.4 Å². The molecule has 1 aromatic rings. The minimum absolute atomic E-state index is 0. The van der Waals surface area contributed by atoms with Gasteiger partial charge in [0.15, 0.2) is 5.96 Å². The fourth-order valence-corrected chi connectivity index (χ4v) is 3.84. The molecule has 1 aliphatic heterocycles. The summed E-state index contributed by atoms with van der Waals surface area (Å²) in [5, 5.41) is 3.65. The summed E-state index contributed by atoms with van der Waals surface area (Å²) in [5.74, 6) is 1.77. The number of nitrogens with zero attached hydrogens (tertiary/aromatic N) is 2. The summed E-state index contributed by atoms with van der Waals surface area (Å²) in [7, 11) is 0. The van der Waals surface area contributed by atoms with Gasteiger partial charge in [-0.1, -0.05) is 12.8 Å². The van der Waals surface area contributed by atoms with Gasteiger partial charge in [0, 0.05) is 32.1 Å². The van der Waals surface area contributed by atoms with Crippen LogP contribution in [0.1, 0.15) is 51.2 Å². The smallest absolute Gasteiger partial charge is 0.310 e. The van der Waals surface area contributed by atoms with Crippen LogP contribution < -0.4 is 5.32 Å². The fraction of sp³-hybridized carbons (Fsp3) is 0.700. The van der Waals surface area contributed by atoms with Crippen molar-refractivity contribution in [2.24, 2.45) is 10.9 Å². The number of hydrogen-bond acceptors (Lipinski definition) is 4. The number of piperidine rings is 1. The van der Waals surface area contributed by atoms with Crippen LogP contribution in [-0.4, -0.2) is 49.1 Å². The van der Waals surface area contributed by atoms with E-state index in [-0.39, 0.29) is 35.9 Å². The Hall–Kier alpha value is -1.25. The van der Waals surface area contributed by atoms with Crippen LogP contribution in [0.2, 0.25) is 0 Å². The highest BCUT2D eigenvalue weighted by molar-refractivity contribution is 14.0. The Morgan fingerprint density at radius 1 is 1.33 bits per heavy atom. The molecule has 0 spiro atoms. The molecule has 1 aliphatic carbocycles. The van der Waals surface area contributed by atoms with Crippen molar-refractivity contribution in [3.8, 4) is 0 Å². The molecule has 1 unspecified atom stereocenters. The molecule has 0 radical (unpaired) electrons. The van der Waals surface area contributed by atoms with Crippen molar-refractivity contribution < 1.29 is 13.9 Å². The van der Waals surface area contributed by atoms with Crippen LogP contribution in [0, 0.1) is 5.92 Å². The quantitative estimate of drug-likeness (QED) is 0.286. The van der Waals surface area contributed by atoms with E-state index in [2.05, 4.69) is 10.2 Å². The zero-order valence-corrected chi connectivity index (χ0v) is 18.5. The Kier molecular flexibility index (Phi) is 9.44. The third kappa shape index (κ3) is 6.69. The molecule has 2 heterocycles. The van der Waals surface area contributed by atoms with Gasteiger partial charge in [-0.05, 0) is 44.7 Å². The van der Waals surface area contributed by atoms with Crippen LogP contribution in [0.25, 0.3) is 0 Å². The lowest BCUT2D eigenvalue weighted by Crippen LogP contribution is -2.50. The summed E-state index contributed by atoms with van der Waals surface area (Å²) in [5.41, 5.74) is 0. The number of carbonyl (C=O) groups excluding carboxylic acids is 1. The molecule has 1 aromatic heterocycles. The predicted octanol–water partition coefficient (Wildman–Crippen LogP) is 3.60. The minimum atomic E-state index is -0.0759. The Morgan fingerprint density at radius 3 is 2.85 bits per heavy atom. The van der Waals surface area contributed by atoms with Crippen LogP contribution in [0.5, 0.6) is 0 Å². The molecule has 1 saturated heterocycles. The molecule has 3 rings (SSSR count). The van der Waals surface area contributed by atoms with Crippen molar-refractivity contribution in [3.63, 3.8) is 0 Å². The predicted molar refractivity (Wildman–Crippen MR) is 116 cm³/mol.